The molecule has 0 N–H and O–H groups in total. The molecule has 3 heteroatoms. The lowest BCUT2D eigenvalue weighted by atomic mass is 10.1. The Morgan fingerprint density at radius 1 is 1.43 bits per heavy atom. The second-order valence-electron chi connectivity index (χ2n) is 3.33. The van der Waals surface area contributed by atoms with Gasteiger partial charge >= 0.3 is 0 Å². The largest absolute Gasteiger partial charge is 0.475 e. The summed E-state index contributed by atoms with van der Waals surface area (Å²) >= 11 is 0. The SMILES string of the molecule is CC1COC(c2ccc(C=O)cc2)=N1. The van der Waals surface area contributed by atoms with Crippen LogP contribution in [-0.4, -0.2) is 24.8 Å². The lowest BCUT2D eigenvalue weighted by molar-refractivity contribution is 0.112. The van der Waals surface area contributed by atoms with Crippen molar-refractivity contribution < 1.29 is 9.53 Å². The Morgan fingerprint density at radius 3 is 2.64 bits per heavy atom. The number of aldehydes is 1. The first kappa shape index (κ1) is 8.94. The van der Waals surface area contributed by atoms with Crippen molar-refractivity contribution in [3.8, 4) is 0 Å². The molecule has 0 saturated carbocycles. The lowest BCUT2D eigenvalue weighted by Gasteiger charge is -2.00. The van der Waals surface area contributed by atoms with Gasteiger partial charge in [-0.3, -0.25) is 4.79 Å². The molecule has 0 spiro atoms. The van der Waals surface area contributed by atoms with E-state index >= 15 is 0 Å². The van der Waals surface area contributed by atoms with Gasteiger partial charge in [0, 0.05) is 11.1 Å². The molecule has 72 valence electrons. The molecule has 1 aliphatic rings. The maximum atomic E-state index is 10.4. The van der Waals surface area contributed by atoms with E-state index < -0.39 is 0 Å². The first-order valence-electron chi connectivity index (χ1n) is 4.56. The highest BCUT2D eigenvalue weighted by molar-refractivity contribution is 5.95. The minimum atomic E-state index is 0.232. The number of nitrogens with zero attached hydrogens (tertiary/aromatic N) is 1. The first-order chi connectivity index (χ1) is 6.79. The molecule has 0 radical (unpaired) electrons. The Balaban J connectivity index is 2.25. The van der Waals surface area contributed by atoms with Gasteiger partial charge < -0.3 is 4.74 Å². The van der Waals surface area contributed by atoms with E-state index in [0.717, 1.165) is 11.8 Å². The molecule has 2 rings (SSSR count). The van der Waals surface area contributed by atoms with Crippen molar-refractivity contribution in [1.29, 1.82) is 0 Å². The summed E-state index contributed by atoms with van der Waals surface area (Å²) < 4.78 is 5.39. The van der Waals surface area contributed by atoms with Crippen LogP contribution in [0.1, 0.15) is 22.8 Å². The second-order valence-corrected chi connectivity index (χ2v) is 3.33. The van der Waals surface area contributed by atoms with Crippen molar-refractivity contribution in [1.82, 2.24) is 0 Å². The molecule has 14 heavy (non-hydrogen) atoms. The van der Waals surface area contributed by atoms with Gasteiger partial charge in [-0.2, -0.15) is 0 Å². The van der Waals surface area contributed by atoms with Gasteiger partial charge in [-0.1, -0.05) is 12.1 Å². The van der Waals surface area contributed by atoms with Crippen LogP contribution >= 0.6 is 0 Å². The minimum Gasteiger partial charge on any atom is -0.475 e. The average Bonchev–Trinajstić information content (AvgIpc) is 2.65. The molecule has 0 fully saturated rings. The van der Waals surface area contributed by atoms with Crippen LogP contribution in [0.5, 0.6) is 0 Å². The Labute approximate surface area is 82.4 Å². The zero-order valence-electron chi connectivity index (χ0n) is 7.93. The third kappa shape index (κ3) is 1.66. The Kier molecular flexibility index (Phi) is 2.31. The van der Waals surface area contributed by atoms with Crippen LogP contribution in [0.25, 0.3) is 0 Å². The summed E-state index contributed by atoms with van der Waals surface area (Å²) in [6.07, 6.45) is 0.823. The predicted molar refractivity (Wildman–Crippen MR) is 53.8 cm³/mol. The van der Waals surface area contributed by atoms with Crippen LogP contribution in [0, 0.1) is 0 Å². The van der Waals surface area contributed by atoms with Gasteiger partial charge in [0.2, 0.25) is 5.90 Å². The summed E-state index contributed by atoms with van der Waals surface area (Å²) in [5, 5.41) is 0. The number of benzene rings is 1. The third-order valence-corrected chi connectivity index (χ3v) is 2.09. The van der Waals surface area contributed by atoms with Crippen molar-refractivity contribution in [2.75, 3.05) is 6.61 Å². The van der Waals surface area contributed by atoms with Crippen molar-refractivity contribution in [2.45, 2.75) is 13.0 Å². The maximum Gasteiger partial charge on any atom is 0.216 e. The van der Waals surface area contributed by atoms with E-state index in [2.05, 4.69) is 4.99 Å². The van der Waals surface area contributed by atoms with Crippen molar-refractivity contribution in [2.24, 2.45) is 4.99 Å². The molecule has 3 nitrogen and oxygen atoms in total. The number of hydrogen-bond donors (Lipinski definition) is 0. The molecular formula is C11H11NO2. The van der Waals surface area contributed by atoms with E-state index in [9.17, 15) is 4.79 Å². The van der Waals surface area contributed by atoms with Crippen molar-refractivity contribution >= 4 is 12.2 Å². The Hall–Kier alpha value is -1.64. The zero-order chi connectivity index (χ0) is 9.97. The van der Waals surface area contributed by atoms with Crippen LogP contribution < -0.4 is 0 Å². The number of rotatable bonds is 2. The first-order valence-corrected chi connectivity index (χ1v) is 4.56. The van der Waals surface area contributed by atoms with E-state index in [1.54, 1.807) is 12.1 Å². The van der Waals surface area contributed by atoms with Crippen molar-refractivity contribution in [3.63, 3.8) is 0 Å². The molecular weight excluding hydrogens is 178 g/mol. The zero-order valence-corrected chi connectivity index (χ0v) is 7.93. The summed E-state index contributed by atoms with van der Waals surface area (Å²) in [4.78, 5) is 14.7. The van der Waals surface area contributed by atoms with E-state index in [0.29, 0.717) is 18.1 Å². The summed E-state index contributed by atoms with van der Waals surface area (Å²) in [7, 11) is 0. The van der Waals surface area contributed by atoms with Gasteiger partial charge in [0.15, 0.2) is 0 Å². The predicted octanol–water partition coefficient (Wildman–Crippen LogP) is 1.66. The topological polar surface area (TPSA) is 38.7 Å². The fourth-order valence-corrected chi connectivity index (χ4v) is 1.34. The highest BCUT2D eigenvalue weighted by Crippen LogP contribution is 2.12. The standard InChI is InChI=1S/C11H11NO2/c1-8-7-14-11(12-8)10-4-2-9(6-13)3-5-10/h2-6,8H,7H2,1H3. The van der Waals surface area contributed by atoms with Gasteiger partial charge in [-0.25, -0.2) is 4.99 Å². The van der Waals surface area contributed by atoms with Gasteiger partial charge in [0.1, 0.15) is 12.9 Å². The molecule has 0 amide bonds. The molecule has 1 aromatic carbocycles. The molecule has 1 aliphatic heterocycles. The summed E-state index contributed by atoms with van der Waals surface area (Å²) in [6.45, 7) is 2.65. The van der Waals surface area contributed by atoms with Gasteiger partial charge in [0.05, 0.1) is 6.04 Å². The van der Waals surface area contributed by atoms with Gasteiger partial charge in [-0.15, -0.1) is 0 Å². The van der Waals surface area contributed by atoms with E-state index in [4.69, 9.17) is 4.74 Å². The van der Waals surface area contributed by atoms with Crippen LogP contribution in [0.15, 0.2) is 29.3 Å². The fraction of sp³-hybridized carbons (Fsp3) is 0.273. The number of aliphatic imine (C=N–C) groups is 1. The normalized spacial score (nSPS) is 20.1. The summed E-state index contributed by atoms with van der Waals surface area (Å²) in [6, 6.07) is 7.45. The van der Waals surface area contributed by atoms with Crippen LogP contribution in [0.4, 0.5) is 0 Å². The highest BCUT2D eigenvalue weighted by atomic mass is 16.5. The average molecular weight is 189 g/mol. The second kappa shape index (κ2) is 3.62. The Bertz CT molecular complexity index is 367. The summed E-state index contributed by atoms with van der Waals surface area (Å²) in [5.74, 6) is 0.676. The van der Waals surface area contributed by atoms with E-state index in [1.165, 1.54) is 0 Å². The van der Waals surface area contributed by atoms with Crippen LogP contribution in [0.2, 0.25) is 0 Å². The van der Waals surface area contributed by atoms with E-state index in [-0.39, 0.29) is 6.04 Å². The van der Waals surface area contributed by atoms with Crippen molar-refractivity contribution in [3.05, 3.63) is 35.4 Å². The molecule has 0 bridgehead atoms. The molecule has 1 unspecified atom stereocenters. The minimum absolute atomic E-state index is 0.232. The molecule has 1 heterocycles. The van der Waals surface area contributed by atoms with E-state index in [1.807, 2.05) is 19.1 Å². The number of carbonyl (C=O) groups excluding carboxylic acids is 1. The van der Waals surface area contributed by atoms with Crippen LogP contribution in [0.3, 0.4) is 0 Å². The smallest absolute Gasteiger partial charge is 0.216 e. The monoisotopic (exact) mass is 189 g/mol. The number of ether oxygens (including phenoxy) is 1. The summed E-state index contributed by atoms with van der Waals surface area (Å²) in [5.41, 5.74) is 1.60. The third-order valence-electron chi connectivity index (χ3n) is 2.09. The fourth-order valence-electron chi connectivity index (χ4n) is 1.34. The molecule has 1 atom stereocenters. The number of carbonyl (C=O) groups is 1. The molecule has 0 saturated heterocycles. The Morgan fingerprint density at radius 2 is 2.14 bits per heavy atom. The molecule has 0 aromatic heterocycles. The molecule has 0 aliphatic carbocycles. The number of hydrogen-bond acceptors (Lipinski definition) is 3. The van der Waals surface area contributed by atoms with Gasteiger partial charge in [0.25, 0.3) is 0 Å². The van der Waals surface area contributed by atoms with Crippen LogP contribution in [-0.2, 0) is 4.74 Å². The quantitative estimate of drug-likeness (QED) is 0.664. The maximum absolute atomic E-state index is 10.4. The lowest BCUT2D eigenvalue weighted by Crippen LogP contribution is -2.01. The van der Waals surface area contributed by atoms with Gasteiger partial charge in [-0.05, 0) is 19.1 Å². The highest BCUT2D eigenvalue weighted by Gasteiger charge is 2.15. The molecule has 1 aromatic rings.